The third kappa shape index (κ3) is 3.71. The molecule has 2 saturated heterocycles. The van der Waals surface area contributed by atoms with Gasteiger partial charge in [0, 0.05) is 36.8 Å². The van der Waals surface area contributed by atoms with Crippen molar-refractivity contribution in [3.63, 3.8) is 0 Å². The number of amides is 2. The summed E-state index contributed by atoms with van der Waals surface area (Å²) < 4.78 is 19.0. The Kier molecular flexibility index (Phi) is 4.81. The molecule has 158 valence electrons. The van der Waals surface area contributed by atoms with Crippen LogP contribution in [0.5, 0.6) is 0 Å². The Bertz CT molecular complexity index is 1150. The molecule has 0 N–H and O–H groups in total. The molecule has 2 aromatic carbocycles. The first-order valence-corrected chi connectivity index (χ1v) is 10.4. The average Bonchev–Trinajstić information content (AvgIpc) is 2.97. The highest BCUT2D eigenvalue weighted by Gasteiger charge is 2.46. The molecular formula is C24H22FN3O3. The Balaban J connectivity index is 1.31. The second kappa shape index (κ2) is 7.65. The first-order valence-electron chi connectivity index (χ1n) is 10.4. The number of halogens is 1. The Morgan fingerprint density at radius 2 is 1.87 bits per heavy atom. The molecule has 6 nitrogen and oxygen atoms in total. The van der Waals surface area contributed by atoms with Crippen LogP contribution in [0, 0.1) is 5.82 Å². The smallest absolute Gasteiger partial charge is 0.415 e. The van der Waals surface area contributed by atoms with Crippen molar-refractivity contribution >= 4 is 28.6 Å². The lowest BCUT2D eigenvalue weighted by atomic mass is 9.95. The van der Waals surface area contributed by atoms with Gasteiger partial charge < -0.3 is 9.64 Å². The summed E-state index contributed by atoms with van der Waals surface area (Å²) in [4.78, 5) is 33.4. The summed E-state index contributed by atoms with van der Waals surface area (Å²) in [6, 6.07) is 15.4. The first kappa shape index (κ1) is 19.5. The molecule has 2 aliphatic rings. The van der Waals surface area contributed by atoms with Crippen LogP contribution in [0.15, 0.2) is 60.8 Å². The second-order valence-electron chi connectivity index (χ2n) is 8.18. The molecule has 2 amide bonds. The van der Waals surface area contributed by atoms with Gasteiger partial charge >= 0.3 is 6.09 Å². The number of nitrogens with zero attached hydrogens (tertiary/aromatic N) is 3. The van der Waals surface area contributed by atoms with E-state index in [0.717, 1.165) is 17.3 Å². The van der Waals surface area contributed by atoms with Crippen molar-refractivity contribution in [2.24, 2.45) is 0 Å². The van der Waals surface area contributed by atoms with Gasteiger partial charge in [0.1, 0.15) is 11.4 Å². The number of hydrogen-bond acceptors (Lipinski definition) is 4. The molecule has 0 bridgehead atoms. The summed E-state index contributed by atoms with van der Waals surface area (Å²) in [5.41, 5.74) is 1.39. The highest BCUT2D eigenvalue weighted by Crippen LogP contribution is 2.36. The largest absolute Gasteiger partial charge is 0.441 e. The highest BCUT2D eigenvalue weighted by atomic mass is 19.1. The van der Waals surface area contributed by atoms with Gasteiger partial charge in [0.2, 0.25) is 0 Å². The number of fused-ring (bicyclic) bond motifs is 1. The number of ether oxygens (including phenoxy) is 1. The van der Waals surface area contributed by atoms with Crippen molar-refractivity contribution in [3.05, 3.63) is 72.2 Å². The number of carbonyl (C=O) groups excluding carboxylic acids is 2. The predicted molar refractivity (Wildman–Crippen MR) is 114 cm³/mol. The van der Waals surface area contributed by atoms with E-state index in [9.17, 15) is 14.0 Å². The van der Waals surface area contributed by atoms with Gasteiger partial charge in [-0.1, -0.05) is 18.2 Å². The lowest BCUT2D eigenvalue weighted by Gasteiger charge is -2.25. The maximum atomic E-state index is 13.2. The molecule has 1 unspecified atom stereocenters. The van der Waals surface area contributed by atoms with Gasteiger partial charge in [-0.05, 0) is 49.2 Å². The van der Waals surface area contributed by atoms with E-state index in [0.29, 0.717) is 43.7 Å². The molecule has 1 atom stereocenters. The SMILES string of the molecule is O=C(c1cnc2ccccc2c1)N1CCCC2(CC1)CN(c1ccc(F)cc1)C(=O)O2. The zero-order chi connectivity index (χ0) is 21.4. The normalized spacial score (nSPS) is 21.4. The minimum atomic E-state index is -0.637. The molecule has 31 heavy (non-hydrogen) atoms. The molecule has 2 fully saturated rings. The molecule has 0 aliphatic carbocycles. The van der Waals surface area contributed by atoms with Crippen molar-refractivity contribution in [1.29, 1.82) is 0 Å². The zero-order valence-corrected chi connectivity index (χ0v) is 17.0. The maximum Gasteiger partial charge on any atom is 0.415 e. The minimum Gasteiger partial charge on any atom is -0.441 e. The first-order chi connectivity index (χ1) is 15.0. The van der Waals surface area contributed by atoms with Gasteiger partial charge in [0.25, 0.3) is 5.91 Å². The zero-order valence-electron chi connectivity index (χ0n) is 17.0. The van der Waals surface area contributed by atoms with E-state index in [2.05, 4.69) is 4.98 Å². The second-order valence-corrected chi connectivity index (χ2v) is 8.18. The molecule has 0 saturated carbocycles. The quantitative estimate of drug-likeness (QED) is 0.618. The molecule has 7 heteroatoms. The summed E-state index contributed by atoms with van der Waals surface area (Å²) >= 11 is 0. The third-order valence-corrected chi connectivity index (χ3v) is 6.13. The van der Waals surface area contributed by atoms with Gasteiger partial charge in [-0.2, -0.15) is 0 Å². The fourth-order valence-electron chi connectivity index (χ4n) is 4.44. The molecule has 3 aromatic rings. The summed E-state index contributed by atoms with van der Waals surface area (Å²) in [6.45, 7) is 1.49. The molecule has 1 aromatic heterocycles. The number of anilines is 1. The van der Waals surface area contributed by atoms with Crippen LogP contribution < -0.4 is 4.90 Å². The summed E-state index contributed by atoms with van der Waals surface area (Å²) in [5, 5.41) is 0.930. The Labute approximate surface area is 179 Å². The number of pyridine rings is 1. The number of aromatic nitrogens is 1. The van der Waals surface area contributed by atoms with Crippen molar-refractivity contribution < 1.29 is 18.7 Å². The van der Waals surface area contributed by atoms with Gasteiger partial charge in [-0.3, -0.25) is 14.7 Å². The van der Waals surface area contributed by atoms with Crippen molar-refractivity contribution in [3.8, 4) is 0 Å². The van der Waals surface area contributed by atoms with E-state index >= 15 is 0 Å². The lowest BCUT2D eigenvalue weighted by molar-refractivity contribution is 0.0438. The van der Waals surface area contributed by atoms with Crippen LogP contribution in [0.3, 0.4) is 0 Å². The predicted octanol–water partition coefficient (Wildman–Crippen LogP) is 4.40. The fourth-order valence-corrected chi connectivity index (χ4v) is 4.44. The van der Waals surface area contributed by atoms with Gasteiger partial charge in [-0.25, -0.2) is 9.18 Å². The van der Waals surface area contributed by atoms with Crippen LogP contribution in [-0.2, 0) is 4.74 Å². The minimum absolute atomic E-state index is 0.0602. The highest BCUT2D eigenvalue weighted by molar-refractivity contribution is 5.97. The van der Waals surface area contributed by atoms with Crippen molar-refractivity contribution in [1.82, 2.24) is 9.88 Å². The van der Waals surface area contributed by atoms with Crippen LogP contribution in [0.1, 0.15) is 29.6 Å². The van der Waals surface area contributed by atoms with E-state index in [4.69, 9.17) is 4.74 Å². The standard InChI is InChI=1S/C24H22FN3O3/c25-19-6-8-20(9-7-19)28-16-24(31-23(28)30)10-3-12-27(13-11-24)22(29)18-14-17-4-1-2-5-21(17)26-15-18/h1-2,4-9,14-15H,3,10-13,16H2. The van der Waals surface area contributed by atoms with E-state index in [1.807, 2.05) is 35.2 Å². The van der Waals surface area contributed by atoms with Gasteiger partial charge in [-0.15, -0.1) is 0 Å². The van der Waals surface area contributed by atoms with Crippen LogP contribution in [0.25, 0.3) is 10.9 Å². The third-order valence-electron chi connectivity index (χ3n) is 6.13. The fraction of sp³-hybridized carbons (Fsp3) is 0.292. The molecule has 3 heterocycles. The van der Waals surface area contributed by atoms with Crippen LogP contribution in [0.4, 0.5) is 14.9 Å². The molecule has 1 spiro atoms. The Morgan fingerprint density at radius 1 is 1.06 bits per heavy atom. The average molecular weight is 419 g/mol. The lowest BCUT2D eigenvalue weighted by Crippen LogP contribution is -2.37. The van der Waals surface area contributed by atoms with Crippen LogP contribution in [-0.4, -0.2) is 47.1 Å². The van der Waals surface area contributed by atoms with Crippen molar-refractivity contribution in [2.75, 3.05) is 24.5 Å². The molecule has 2 aliphatic heterocycles. The summed E-state index contributed by atoms with van der Waals surface area (Å²) in [7, 11) is 0. The Morgan fingerprint density at radius 3 is 2.71 bits per heavy atom. The Hall–Kier alpha value is -3.48. The van der Waals surface area contributed by atoms with Crippen LogP contribution in [0.2, 0.25) is 0 Å². The topological polar surface area (TPSA) is 62.7 Å². The number of benzene rings is 2. The van der Waals surface area contributed by atoms with Crippen LogP contribution >= 0.6 is 0 Å². The molecule has 0 radical (unpaired) electrons. The van der Waals surface area contributed by atoms with Gasteiger partial charge in [0.15, 0.2) is 0 Å². The van der Waals surface area contributed by atoms with Gasteiger partial charge in [0.05, 0.1) is 17.6 Å². The number of likely N-dealkylation sites (tertiary alicyclic amines) is 1. The molecule has 5 rings (SSSR count). The number of hydrogen-bond donors (Lipinski definition) is 0. The number of carbonyl (C=O) groups is 2. The van der Waals surface area contributed by atoms with E-state index in [-0.39, 0.29) is 11.7 Å². The van der Waals surface area contributed by atoms with Crippen molar-refractivity contribution in [2.45, 2.75) is 24.9 Å². The van der Waals surface area contributed by atoms with E-state index < -0.39 is 11.7 Å². The monoisotopic (exact) mass is 419 g/mol. The summed E-state index contributed by atoms with van der Waals surface area (Å²) in [6.07, 6.45) is 3.17. The number of para-hydroxylation sites is 1. The molecular weight excluding hydrogens is 397 g/mol. The van der Waals surface area contributed by atoms with E-state index in [1.165, 1.54) is 12.1 Å². The number of rotatable bonds is 2. The van der Waals surface area contributed by atoms with E-state index in [1.54, 1.807) is 23.2 Å². The summed E-state index contributed by atoms with van der Waals surface area (Å²) in [5.74, 6) is -0.409. The maximum absolute atomic E-state index is 13.2.